The summed E-state index contributed by atoms with van der Waals surface area (Å²) in [4.78, 5) is 1.23. The SMILES string of the molecule is C1=Cc2cnsc2C=1. The number of aromatic nitrogens is 1. The molecule has 0 saturated heterocycles. The molecule has 2 rings (SSSR count). The molecule has 1 nitrogen and oxygen atoms in total. The van der Waals surface area contributed by atoms with Crippen molar-refractivity contribution in [1.82, 2.24) is 4.37 Å². The molecular formula is C6H3NS. The van der Waals surface area contributed by atoms with E-state index >= 15 is 0 Å². The monoisotopic (exact) mass is 121 g/mol. The van der Waals surface area contributed by atoms with Gasteiger partial charge in [0.2, 0.25) is 0 Å². The molecule has 38 valence electrons. The van der Waals surface area contributed by atoms with E-state index in [9.17, 15) is 0 Å². The van der Waals surface area contributed by atoms with E-state index in [-0.39, 0.29) is 0 Å². The van der Waals surface area contributed by atoms with E-state index in [1.807, 2.05) is 18.3 Å². The van der Waals surface area contributed by atoms with Gasteiger partial charge in [-0.15, -0.1) is 5.73 Å². The Labute approximate surface area is 51.1 Å². The summed E-state index contributed by atoms with van der Waals surface area (Å²) in [5, 5.41) is 0. The third-order valence-corrected chi connectivity index (χ3v) is 1.84. The molecule has 0 amide bonds. The molecule has 0 fully saturated rings. The van der Waals surface area contributed by atoms with Crippen molar-refractivity contribution in [2.24, 2.45) is 0 Å². The first kappa shape index (κ1) is 4.07. The molecule has 0 unspecified atom stereocenters. The third-order valence-electron chi connectivity index (χ3n) is 1.08. The van der Waals surface area contributed by atoms with E-state index in [4.69, 9.17) is 0 Å². The van der Waals surface area contributed by atoms with Crippen LogP contribution >= 0.6 is 11.5 Å². The Morgan fingerprint density at radius 1 is 1.50 bits per heavy atom. The summed E-state index contributed by atoms with van der Waals surface area (Å²) < 4.78 is 3.98. The number of nitrogens with zero attached hydrogens (tertiary/aromatic N) is 1. The van der Waals surface area contributed by atoms with Crippen LogP contribution in [-0.4, -0.2) is 4.37 Å². The molecule has 8 heavy (non-hydrogen) atoms. The Balaban J connectivity index is 2.78. The van der Waals surface area contributed by atoms with Crippen LogP contribution in [0.5, 0.6) is 0 Å². The zero-order chi connectivity index (χ0) is 5.40. The highest BCUT2D eigenvalue weighted by Crippen LogP contribution is 2.19. The third kappa shape index (κ3) is 0.386. The van der Waals surface area contributed by atoms with Crippen molar-refractivity contribution in [3.05, 3.63) is 22.4 Å². The highest BCUT2D eigenvalue weighted by atomic mass is 32.1. The molecule has 1 aromatic rings. The van der Waals surface area contributed by atoms with Gasteiger partial charge >= 0.3 is 0 Å². The lowest BCUT2D eigenvalue weighted by molar-refractivity contribution is 1.56. The van der Waals surface area contributed by atoms with Gasteiger partial charge in [-0.25, -0.2) is 0 Å². The summed E-state index contributed by atoms with van der Waals surface area (Å²) in [5.74, 6) is 0. The average Bonchev–Trinajstić information content (AvgIpc) is 2.15. The minimum atomic E-state index is 1.20. The predicted molar refractivity (Wildman–Crippen MR) is 34.6 cm³/mol. The van der Waals surface area contributed by atoms with E-state index in [1.54, 1.807) is 0 Å². The van der Waals surface area contributed by atoms with Gasteiger partial charge in [0.25, 0.3) is 0 Å². The first-order valence-electron chi connectivity index (χ1n) is 2.34. The fourth-order valence-corrected chi connectivity index (χ4v) is 1.30. The van der Waals surface area contributed by atoms with Crippen LogP contribution in [0.2, 0.25) is 0 Å². The van der Waals surface area contributed by atoms with Gasteiger partial charge in [0.1, 0.15) is 0 Å². The molecule has 0 bridgehead atoms. The predicted octanol–water partition coefficient (Wildman–Crippen LogP) is 1.78. The summed E-state index contributed by atoms with van der Waals surface area (Å²) in [6.07, 6.45) is 5.75. The van der Waals surface area contributed by atoms with Gasteiger partial charge in [-0.05, 0) is 23.7 Å². The molecule has 0 aromatic carbocycles. The topological polar surface area (TPSA) is 12.9 Å². The smallest absolute Gasteiger partial charge is 0.0633 e. The fourth-order valence-electron chi connectivity index (χ4n) is 0.681. The van der Waals surface area contributed by atoms with Crippen molar-refractivity contribution in [2.75, 3.05) is 0 Å². The van der Waals surface area contributed by atoms with Crippen LogP contribution in [0.4, 0.5) is 0 Å². The Bertz CT molecular complexity index is 243. The largest absolute Gasteiger partial charge is 0.200 e. The summed E-state index contributed by atoms with van der Waals surface area (Å²) in [6, 6.07) is 0. The molecule has 0 spiro atoms. The minimum absolute atomic E-state index is 1.20. The standard InChI is InChI=1S/C6H3NS/c1-2-5-4-7-8-6(5)3-1/h2-4H. The van der Waals surface area contributed by atoms with Gasteiger partial charge in [-0.3, -0.25) is 0 Å². The molecular weight excluding hydrogens is 118 g/mol. The van der Waals surface area contributed by atoms with Crippen LogP contribution in [0.1, 0.15) is 10.4 Å². The fraction of sp³-hybridized carbons (Fsp3) is 0. The van der Waals surface area contributed by atoms with Crippen molar-refractivity contribution >= 4 is 23.7 Å². The second-order valence-corrected chi connectivity index (χ2v) is 2.43. The zero-order valence-electron chi connectivity index (χ0n) is 4.09. The Morgan fingerprint density at radius 3 is 3.38 bits per heavy atom. The first-order valence-corrected chi connectivity index (χ1v) is 3.11. The van der Waals surface area contributed by atoms with Crippen LogP contribution in [-0.2, 0) is 0 Å². The molecule has 0 radical (unpaired) electrons. The van der Waals surface area contributed by atoms with Gasteiger partial charge in [0, 0.05) is 11.8 Å². The molecule has 1 aliphatic carbocycles. The Kier molecular flexibility index (Phi) is 0.668. The summed E-state index contributed by atoms with van der Waals surface area (Å²) in [5.41, 5.74) is 4.19. The molecule has 1 aromatic heterocycles. The van der Waals surface area contributed by atoms with Gasteiger partial charge in [-0.1, -0.05) is 0 Å². The second-order valence-electron chi connectivity index (χ2n) is 1.60. The lowest BCUT2D eigenvalue weighted by Crippen LogP contribution is -1.58. The molecule has 0 N–H and O–H groups in total. The maximum Gasteiger partial charge on any atom is 0.0633 e. The molecule has 1 aliphatic rings. The van der Waals surface area contributed by atoms with Crippen molar-refractivity contribution in [2.45, 2.75) is 0 Å². The Morgan fingerprint density at radius 2 is 2.50 bits per heavy atom. The lowest BCUT2D eigenvalue weighted by atomic mass is 10.3. The van der Waals surface area contributed by atoms with Crippen LogP contribution in [0.15, 0.2) is 11.9 Å². The van der Waals surface area contributed by atoms with Crippen molar-refractivity contribution in [1.29, 1.82) is 0 Å². The quantitative estimate of drug-likeness (QED) is 0.484. The second kappa shape index (κ2) is 1.31. The van der Waals surface area contributed by atoms with E-state index in [1.165, 1.54) is 22.0 Å². The van der Waals surface area contributed by atoms with Gasteiger partial charge < -0.3 is 0 Å². The first-order chi connectivity index (χ1) is 3.97. The molecule has 1 heterocycles. The minimum Gasteiger partial charge on any atom is -0.200 e. The maximum absolute atomic E-state index is 3.98. The van der Waals surface area contributed by atoms with E-state index in [0.717, 1.165) is 0 Å². The lowest BCUT2D eigenvalue weighted by Gasteiger charge is -1.73. The number of hydrogen-bond acceptors (Lipinski definition) is 2. The van der Waals surface area contributed by atoms with Crippen LogP contribution < -0.4 is 0 Å². The van der Waals surface area contributed by atoms with Gasteiger partial charge in [0.15, 0.2) is 0 Å². The molecule has 0 aliphatic heterocycles. The van der Waals surface area contributed by atoms with Crippen LogP contribution in [0.3, 0.4) is 0 Å². The van der Waals surface area contributed by atoms with Crippen LogP contribution in [0, 0.1) is 0 Å². The van der Waals surface area contributed by atoms with E-state index in [0.29, 0.717) is 0 Å². The molecule has 2 heteroatoms. The number of rotatable bonds is 0. The van der Waals surface area contributed by atoms with Crippen molar-refractivity contribution in [3.63, 3.8) is 0 Å². The van der Waals surface area contributed by atoms with E-state index < -0.39 is 0 Å². The van der Waals surface area contributed by atoms with Gasteiger partial charge in [-0.2, -0.15) is 4.37 Å². The van der Waals surface area contributed by atoms with E-state index in [2.05, 4.69) is 10.1 Å². The molecule has 0 atom stereocenters. The highest BCUT2D eigenvalue weighted by Gasteiger charge is 2.00. The average molecular weight is 121 g/mol. The highest BCUT2D eigenvalue weighted by molar-refractivity contribution is 7.07. The number of fused-ring (bicyclic) bond motifs is 1. The van der Waals surface area contributed by atoms with Gasteiger partial charge in [0.05, 0.1) is 4.88 Å². The number of hydrogen-bond donors (Lipinski definition) is 0. The summed E-state index contributed by atoms with van der Waals surface area (Å²) in [6.45, 7) is 0. The maximum atomic E-state index is 3.98. The van der Waals surface area contributed by atoms with Crippen molar-refractivity contribution in [3.8, 4) is 0 Å². The molecule has 0 saturated carbocycles. The van der Waals surface area contributed by atoms with Crippen LogP contribution in [0.25, 0.3) is 12.2 Å². The normalized spacial score (nSPS) is 12.5. The summed E-state index contributed by atoms with van der Waals surface area (Å²) >= 11 is 1.51. The Hall–Kier alpha value is -0.850. The van der Waals surface area contributed by atoms with Crippen molar-refractivity contribution < 1.29 is 0 Å². The summed E-state index contributed by atoms with van der Waals surface area (Å²) in [7, 11) is 0. The zero-order valence-corrected chi connectivity index (χ0v) is 4.90.